The van der Waals surface area contributed by atoms with E-state index in [4.69, 9.17) is 0 Å². The van der Waals surface area contributed by atoms with E-state index < -0.39 is 0 Å². The van der Waals surface area contributed by atoms with Crippen molar-refractivity contribution >= 4 is 59.0 Å². The number of nitrogens with zero attached hydrogens (tertiary/aromatic N) is 1. The van der Waals surface area contributed by atoms with Crippen LogP contribution in [-0.4, -0.2) is 4.57 Å². The van der Waals surface area contributed by atoms with Gasteiger partial charge in [-0.3, -0.25) is 4.90 Å². The van der Waals surface area contributed by atoms with Crippen molar-refractivity contribution in [3.8, 4) is 16.8 Å². The van der Waals surface area contributed by atoms with E-state index in [9.17, 15) is 0 Å². The Kier molecular flexibility index (Phi) is 6.34. The fraction of sp³-hybridized carbons (Fsp3) is 0.0455. The second kappa shape index (κ2) is 11.0. The van der Waals surface area contributed by atoms with E-state index in [2.05, 4.69) is 180 Å². The van der Waals surface area contributed by atoms with Crippen LogP contribution in [0.15, 0.2) is 170 Å². The zero-order chi connectivity index (χ0) is 31.6. The lowest BCUT2D eigenvalue weighted by molar-refractivity contribution is -0.962. The van der Waals surface area contributed by atoms with Gasteiger partial charge in [0.2, 0.25) is 0 Å². The Morgan fingerprint density at radius 1 is 0.500 bits per heavy atom. The summed E-state index contributed by atoms with van der Waals surface area (Å²) in [6, 6.07) is 62.1. The summed E-state index contributed by atoms with van der Waals surface area (Å²) in [5.41, 5.74) is 10.0. The molecule has 1 aliphatic heterocycles. The predicted molar refractivity (Wildman–Crippen MR) is 201 cm³/mol. The number of benzene rings is 7. The van der Waals surface area contributed by atoms with Gasteiger partial charge in [0.05, 0.1) is 11.0 Å². The number of para-hydroxylation sites is 2. The summed E-state index contributed by atoms with van der Waals surface area (Å²) in [6.45, 7) is 0. The third-order valence-corrected chi connectivity index (χ3v) is 11.3. The van der Waals surface area contributed by atoms with E-state index in [1.807, 2.05) is 11.3 Å². The van der Waals surface area contributed by atoms with Crippen molar-refractivity contribution in [1.82, 2.24) is 9.88 Å². The highest BCUT2D eigenvalue weighted by Gasteiger charge is 2.45. The molecule has 228 valence electrons. The molecule has 0 saturated carbocycles. The Hall–Kier alpha value is -5.52. The Labute approximate surface area is 282 Å². The van der Waals surface area contributed by atoms with Crippen LogP contribution in [-0.2, 0) is 0 Å². The quantitative estimate of drug-likeness (QED) is 0.193. The number of quaternary nitrogens is 1. The van der Waals surface area contributed by atoms with Gasteiger partial charge in [-0.2, -0.15) is 0 Å². The number of thiophene rings is 1. The molecule has 0 bridgehead atoms. The van der Waals surface area contributed by atoms with Gasteiger partial charge in [0.15, 0.2) is 12.3 Å². The summed E-state index contributed by atoms with van der Waals surface area (Å²) in [5.74, 6) is 0. The number of nitrogens with one attached hydrogen (secondary N) is 2. The standard InChI is InChI=1S/C44H31N3S/c1-3-13-29(14-4-1)43-45-44(47(43)32-16-5-2-6-17-32)31-15-11-18-33(27-31)46-39-23-9-7-19-35(39)36-26-25-30(28-40(36)46)34-21-12-22-38-37-20-8-10-24-41(37)48-42(34)38/h1-28,43-45H/p+1. The topological polar surface area (TPSA) is 21.4 Å². The summed E-state index contributed by atoms with van der Waals surface area (Å²) in [7, 11) is 0. The molecule has 3 heterocycles. The fourth-order valence-corrected chi connectivity index (χ4v) is 9.05. The van der Waals surface area contributed by atoms with Crippen LogP contribution in [0, 0.1) is 0 Å². The third-order valence-electron chi connectivity index (χ3n) is 10.0. The molecule has 7 aromatic carbocycles. The highest BCUT2D eigenvalue weighted by molar-refractivity contribution is 7.26. The van der Waals surface area contributed by atoms with Gasteiger partial charge in [0.1, 0.15) is 5.69 Å². The van der Waals surface area contributed by atoms with Crippen molar-refractivity contribution in [2.24, 2.45) is 0 Å². The van der Waals surface area contributed by atoms with Crippen molar-refractivity contribution in [1.29, 1.82) is 0 Å². The van der Waals surface area contributed by atoms with Crippen LogP contribution in [0.1, 0.15) is 23.5 Å². The van der Waals surface area contributed by atoms with Gasteiger partial charge in [-0.25, -0.2) is 5.32 Å². The summed E-state index contributed by atoms with van der Waals surface area (Å²) in [6.07, 6.45) is 0.321. The second-order valence-corrected chi connectivity index (χ2v) is 13.8. The molecule has 3 unspecified atom stereocenters. The van der Waals surface area contributed by atoms with Crippen LogP contribution in [0.4, 0.5) is 5.69 Å². The highest BCUT2D eigenvalue weighted by Crippen LogP contribution is 2.42. The molecule has 3 atom stereocenters. The molecule has 1 aliphatic rings. The first-order valence-corrected chi connectivity index (χ1v) is 17.4. The Bertz CT molecular complexity index is 2620. The summed E-state index contributed by atoms with van der Waals surface area (Å²) < 4.78 is 5.13. The van der Waals surface area contributed by atoms with Gasteiger partial charge in [-0.15, -0.1) is 11.3 Å². The van der Waals surface area contributed by atoms with E-state index in [-0.39, 0.29) is 12.3 Å². The van der Waals surface area contributed by atoms with Crippen LogP contribution in [0.3, 0.4) is 0 Å². The smallest absolute Gasteiger partial charge is 0.178 e. The van der Waals surface area contributed by atoms with Crippen LogP contribution in [0.25, 0.3) is 58.8 Å². The Morgan fingerprint density at radius 3 is 2.04 bits per heavy atom. The van der Waals surface area contributed by atoms with Crippen LogP contribution in [0.5, 0.6) is 0 Å². The molecule has 10 rings (SSSR count). The maximum Gasteiger partial charge on any atom is 0.178 e. The minimum Gasteiger partial charge on any atom is -0.309 e. The van der Waals surface area contributed by atoms with Crippen molar-refractivity contribution < 1.29 is 4.90 Å². The van der Waals surface area contributed by atoms with Crippen molar-refractivity contribution in [3.63, 3.8) is 0 Å². The first-order chi connectivity index (χ1) is 23.8. The molecular formula is C44H32N3S+. The van der Waals surface area contributed by atoms with Crippen LogP contribution in [0.2, 0.25) is 0 Å². The lowest BCUT2D eigenvalue weighted by atomic mass is 9.99. The first kappa shape index (κ1) is 27.6. The zero-order valence-corrected chi connectivity index (χ0v) is 27.0. The SMILES string of the molecule is c1ccc(C2NC(c3cccc(-n4c5ccccc5c5ccc(-c6cccc7c6sc6ccccc67)cc54)c3)[NH+]2c2ccccc2)cc1. The average molecular weight is 635 g/mol. The van der Waals surface area contributed by atoms with Gasteiger partial charge < -0.3 is 4.57 Å². The average Bonchev–Trinajstić information content (AvgIpc) is 3.68. The van der Waals surface area contributed by atoms with Crippen molar-refractivity contribution in [3.05, 3.63) is 181 Å². The van der Waals surface area contributed by atoms with Gasteiger partial charge in [-0.1, -0.05) is 127 Å². The number of hydrogen-bond donors (Lipinski definition) is 2. The summed E-state index contributed by atoms with van der Waals surface area (Å²) in [5, 5.41) is 9.12. The predicted octanol–water partition coefficient (Wildman–Crippen LogP) is 10.3. The van der Waals surface area contributed by atoms with Gasteiger partial charge in [-0.05, 0) is 53.6 Å². The number of rotatable bonds is 5. The van der Waals surface area contributed by atoms with Gasteiger partial charge in [0, 0.05) is 47.8 Å². The molecule has 0 spiro atoms. The first-order valence-electron chi connectivity index (χ1n) is 16.6. The summed E-state index contributed by atoms with van der Waals surface area (Å²) in [4.78, 5) is 1.42. The molecule has 4 heteroatoms. The fourth-order valence-electron chi connectivity index (χ4n) is 7.81. The lowest BCUT2D eigenvalue weighted by Crippen LogP contribution is -3.19. The highest BCUT2D eigenvalue weighted by atomic mass is 32.1. The zero-order valence-electron chi connectivity index (χ0n) is 26.2. The maximum absolute atomic E-state index is 3.92. The van der Waals surface area contributed by atoms with Gasteiger partial charge >= 0.3 is 0 Å². The van der Waals surface area contributed by atoms with E-state index >= 15 is 0 Å². The molecule has 2 aromatic heterocycles. The Balaban J connectivity index is 1.12. The molecule has 48 heavy (non-hydrogen) atoms. The molecule has 3 nitrogen and oxygen atoms in total. The molecule has 2 N–H and O–H groups in total. The van der Waals surface area contributed by atoms with E-state index in [0.717, 1.165) is 0 Å². The van der Waals surface area contributed by atoms with Crippen LogP contribution < -0.4 is 10.2 Å². The largest absolute Gasteiger partial charge is 0.309 e. The molecule has 0 amide bonds. The van der Waals surface area contributed by atoms with E-state index in [1.54, 1.807) is 0 Å². The Morgan fingerprint density at radius 2 is 1.17 bits per heavy atom. The number of fused-ring (bicyclic) bond motifs is 6. The van der Waals surface area contributed by atoms with Crippen LogP contribution >= 0.6 is 11.3 Å². The summed E-state index contributed by atoms with van der Waals surface area (Å²) >= 11 is 1.89. The number of hydrogen-bond acceptors (Lipinski definition) is 2. The molecule has 9 aromatic rings. The van der Waals surface area contributed by atoms with Crippen molar-refractivity contribution in [2.75, 3.05) is 0 Å². The molecule has 0 radical (unpaired) electrons. The number of aromatic nitrogens is 1. The van der Waals surface area contributed by atoms with Crippen molar-refractivity contribution in [2.45, 2.75) is 12.3 Å². The minimum atomic E-state index is 0.131. The molecule has 0 aliphatic carbocycles. The molecule has 1 saturated heterocycles. The monoisotopic (exact) mass is 634 g/mol. The maximum atomic E-state index is 3.92. The third kappa shape index (κ3) is 4.28. The van der Waals surface area contributed by atoms with E-state index in [0.29, 0.717) is 0 Å². The lowest BCUT2D eigenvalue weighted by Gasteiger charge is -2.45. The molecule has 1 fully saturated rings. The van der Waals surface area contributed by atoms with E-state index in [1.165, 1.54) is 80.5 Å². The second-order valence-electron chi connectivity index (χ2n) is 12.7. The normalized spacial score (nSPS) is 17.7. The minimum absolute atomic E-state index is 0.131. The molecular weight excluding hydrogens is 603 g/mol. The van der Waals surface area contributed by atoms with Gasteiger partial charge in [0.25, 0.3) is 0 Å².